The number of hydrogen-bond donors (Lipinski definition) is 1. The first-order chi connectivity index (χ1) is 17.1. The highest BCUT2D eigenvalue weighted by Gasteiger charge is 2.25. The van der Waals surface area contributed by atoms with E-state index in [1.54, 1.807) is 38.0 Å². The molecule has 36 heavy (non-hydrogen) atoms. The lowest BCUT2D eigenvalue weighted by Crippen LogP contribution is -2.25. The average molecular weight is 508 g/mol. The SMILES string of the molecule is C=Nc1c(/C(N)=N\C)c(=O)ccn1C(C)c1cc(Cl)c(C)c(-c2cccc(C(=O)N(C)C)c2)c1OC. The van der Waals surface area contributed by atoms with Gasteiger partial charge in [-0.15, -0.1) is 0 Å². The molecule has 1 unspecified atom stereocenters. The summed E-state index contributed by atoms with van der Waals surface area (Å²) in [6, 6.07) is 10.2. The number of rotatable bonds is 7. The molecule has 8 nitrogen and oxygen atoms in total. The van der Waals surface area contributed by atoms with Gasteiger partial charge in [0.05, 0.1) is 13.2 Å². The molecular formula is C27H30ClN5O3. The van der Waals surface area contributed by atoms with E-state index in [4.69, 9.17) is 22.1 Å². The topological polar surface area (TPSA) is 102 Å². The van der Waals surface area contributed by atoms with Gasteiger partial charge in [-0.2, -0.15) is 0 Å². The van der Waals surface area contributed by atoms with Crippen molar-refractivity contribution in [3.8, 4) is 16.9 Å². The van der Waals surface area contributed by atoms with Gasteiger partial charge in [0.25, 0.3) is 5.91 Å². The van der Waals surface area contributed by atoms with Crippen LogP contribution in [-0.4, -0.2) is 56.2 Å². The molecule has 0 aliphatic rings. The van der Waals surface area contributed by atoms with Crippen LogP contribution in [0, 0.1) is 6.92 Å². The summed E-state index contributed by atoms with van der Waals surface area (Å²) in [6.07, 6.45) is 1.63. The number of aliphatic imine (C=N–C) groups is 2. The highest BCUT2D eigenvalue weighted by molar-refractivity contribution is 6.32. The third kappa shape index (κ3) is 4.77. The number of nitrogens with zero attached hydrogens (tertiary/aromatic N) is 4. The van der Waals surface area contributed by atoms with E-state index in [2.05, 4.69) is 16.7 Å². The summed E-state index contributed by atoms with van der Waals surface area (Å²) in [7, 11) is 6.51. The van der Waals surface area contributed by atoms with Crippen molar-refractivity contribution in [1.29, 1.82) is 0 Å². The van der Waals surface area contributed by atoms with Gasteiger partial charge in [-0.25, -0.2) is 4.99 Å². The molecule has 1 aromatic heterocycles. The monoisotopic (exact) mass is 507 g/mol. The number of carbonyl (C=O) groups excluding carboxylic acids is 1. The molecule has 0 fully saturated rings. The van der Waals surface area contributed by atoms with Crippen molar-refractivity contribution in [2.45, 2.75) is 19.9 Å². The number of pyridine rings is 1. The molecule has 0 bridgehead atoms. The van der Waals surface area contributed by atoms with E-state index in [9.17, 15) is 9.59 Å². The van der Waals surface area contributed by atoms with Crippen molar-refractivity contribution in [2.24, 2.45) is 15.7 Å². The number of amidine groups is 1. The van der Waals surface area contributed by atoms with E-state index in [1.165, 1.54) is 18.0 Å². The maximum atomic E-state index is 12.6. The second kappa shape index (κ2) is 10.8. The van der Waals surface area contributed by atoms with Gasteiger partial charge in [-0.1, -0.05) is 23.7 Å². The maximum Gasteiger partial charge on any atom is 0.253 e. The van der Waals surface area contributed by atoms with E-state index in [-0.39, 0.29) is 34.6 Å². The minimum Gasteiger partial charge on any atom is -0.496 e. The summed E-state index contributed by atoms with van der Waals surface area (Å²) < 4.78 is 7.71. The van der Waals surface area contributed by atoms with Crippen LogP contribution < -0.4 is 15.9 Å². The lowest BCUT2D eigenvalue weighted by Gasteiger charge is -2.25. The number of aromatic nitrogens is 1. The van der Waals surface area contributed by atoms with Crippen LogP contribution in [0.1, 0.15) is 40.0 Å². The van der Waals surface area contributed by atoms with Crippen molar-refractivity contribution >= 4 is 35.9 Å². The molecule has 1 heterocycles. The summed E-state index contributed by atoms with van der Waals surface area (Å²) in [5.74, 6) is 0.839. The molecule has 0 saturated carbocycles. The Balaban J connectivity index is 2.30. The summed E-state index contributed by atoms with van der Waals surface area (Å²) in [5.41, 5.74) is 9.54. The first kappa shape index (κ1) is 26.7. The molecule has 188 valence electrons. The van der Waals surface area contributed by atoms with Gasteiger partial charge in [-0.05, 0) is 49.9 Å². The Morgan fingerprint density at radius 3 is 2.53 bits per heavy atom. The number of halogens is 1. The summed E-state index contributed by atoms with van der Waals surface area (Å²) >= 11 is 6.72. The third-order valence-corrected chi connectivity index (χ3v) is 6.52. The van der Waals surface area contributed by atoms with Crippen LogP contribution in [0.3, 0.4) is 0 Å². The number of methoxy groups -OCH3 is 1. The molecule has 1 amide bonds. The second-order valence-corrected chi connectivity index (χ2v) is 8.90. The van der Waals surface area contributed by atoms with Gasteiger partial charge in [0.15, 0.2) is 5.43 Å². The number of ether oxygens (including phenoxy) is 1. The van der Waals surface area contributed by atoms with Gasteiger partial charge in [-0.3, -0.25) is 14.6 Å². The Bertz CT molecular complexity index is 1430. The van der Waals surface area contributed by atoms with Crippen LogP contribution in [0.4, 0.5) is 5.82 Å². The number of hydrogen-bond acceptors (Lipinski definition) is 5. The first-order valence-electron chi connectivity index (χ1n) is 11.2. The minimum atomic E-state index is -0.382. The van der Waals surface area contributed by atoms with E-state index in [0.717, 1.165) is 22.3 Å². The van der Waals surface area contributed by atoms with Gasteiger partial charge < -0.3 is 19.9 Å². The number of benzene rings is 2. The zero-order valence-corrected chi connectivity index (χ0v) is 22.1. The second-order valence-electron chi connectivity index (χ2n) is 8.49. The zero-order valence-electron chi connectivity index (χ0n) is 21.3. The molecule has 3 rings (SSSR count). The van der Waals surface area contributed by atoms with Crippen LogP contribution in [0.5, 0.6) is 5.75 Å². The Kier molecular flexibility index (Phi) is 8.00. The van der Waals surface area contributed by atoms with Crippen LogP contribution in [0.15, 0.2) is 57.4 Å². The van der Waals surface area contributed by atoms with Crippen molar-refractivity contribution in [2.75, 3.05) is 28.3 Å². The number of amides is 1. The maximum absolute atomic E-state index is 12.6. The number of carbonyl (C=O) groups is 1. The van der Waals surface area contributed by atoms with Gasteiger partial charge >= 0.3 is 0 Å². The molecule has 0 spiro atoms. The Morgan fingerprint density at radius 1 is 1.25 bits per heavy atom. The largest absolute Gasteiger partial charge is 0.496 e. The highest BCUT2D eigenvalue weighted by atomic mass is 35.5. The molecule has 0 saturated heterocycles. The van der Waals surface area contributed by atoms with E-state index in [0.29, 0.717) is 16.3 Å². The fourth-order valence-electron chi connectivity index (χ4n) is 4.21. The molecule has 9 heteroatoms. The molecule has 2 N–H and O–H groups in total. The Hall–Kier alpha value is -3.91. The molecule has 0 aliphatic heterocycles. The van der Waals surface area contributed by atoms with E-state index >= 15 is 0 Å². The lowest BCUT2D eigenvalue weighted by molar-refractivity contribution is 0.0827. The molecule has 0 radical (unpaired) electrons. The first-order valence-corrected chi connectivity index (χ1v) is 11.6. The third-order valence-electron chi connectivity index (χ3n) is 6.13. The van der Waals surface area contributed by atoms with Gasteiger partial charge in [0.1, 0.15) is 23.0 Å². The van der Waals surface area contributed by atoms with E-state index < -0.39 is 0 Å². The number of nitrogens with two attached hydrogens (primary N) is 1. The summed E-state index contributed by atoms with van der Waals surface area (Å²) in [5, 5.41) is 0.529. The van der Waals surface area contributed by atoms with Gasteiger partial charge in [0, 0.05) is 55.1 Å². The Labute approximate surface area is 215 Å². The zero-order chi connectivity index (χ0) is 26.7. The molecular weight excluding hydrogens is 478 g/mol. The van der Waals surface area contributed by atoms with Crippen molar-refractivity contribution < 1.29 is 9.53 Å². The van der Waals surface area contributed by atoms with Crippen LogP contribution in [0.2, 0.25) is 5.02 Å². The fourth-order valence-corrected chi connectivity index (χ4v) is 4.42. The smallest absolute Gasteiger partial charge is 0.253 e. The minimum absolute atomic E-state index is 0.0703. The lowest BCUT2D eigenvalue weighted by atomic mass is 9.92. The Morgan fingerprint density at radius 2 is 1.94 bits per heavy atom. The average Bonchev–Trinajstić information content (AvgIpc) is 2.88. The van der Waals surface area contributed by atoms with Crippen LogP contribution >= 0.6 is 11.6 Å². The molecule has 3 aromatic rings. The standard InChI is InChI=1S/C27H30ClN5O3/c1-15-20(28)14-19(16(2)33-12-11-21(34)23(25(29)30-3)26(33)31-4)24(36-7)22(15)17-9-8-10-18(13-17)27(35)32(5)6/h8-14,16H,4H2,1-3,5-7H3,(H2,29,30). The predicted octanol–water partition coefficient (Wildman–Crippen LogP) is 4.46. The summed E-state index contributed by atoms with van der Waals surface area (Å²) in [6.45, 7) is 7.49. The highest BCUT2D eigenvalue weighted by Crippen LogP contribution is 2.44. The summed E-state index contributed by atoms with van der Waals surface area (Å²) in [4.78, 5) is 34.8. The van der Waals surface area contributed by atoms with Crippen molar-refractivity contribution in [3.63, 3.8) is 0 Å². The molecule has 0 aliphatic carbocycles. The molecule has 1 atom stereocenters. The quantitative estimate of drug-likeness (QED) is 0.376. The normalized spacial score (nSPS) is 12.2. The van der Waals surface area contributed by atoms with Crippen LogP contribution in [-0.2, 0) is 0 Å². The fraction of sp³-hybridized carbons (Fsp3) is 0.259. The van der Waals surface area contributed by atoms with Crippen molar-refractivity contribution in [1.82, 2.24) is 9.47 Å². The van der Waals surface area contributed by atoms with Crippen molar-refractivity contribution in [3.05, 3.63) is 80.1 Å². The predicted molar refractivity (Wildman–Crippen MR) is 147 cm³/mol. The van der Waals surface area contributed by atoms with E-state index in [1.807, 2.05) is 38.1 Å². The molecule has 2 aromatic carbocycles. The van der Waals surface area contributed by atoms with Crippen LogP contribution in [0.25, 0.3) is 11.1 Å². The van der Waals surface area contributed by atoms with Gasteiger partial charge in [0.2, 0.25) is 0 Å².